The number of furan rings is 1. The van der Waals surface area contributed by atoms with Crippen LogP contribution in [-0.2, 0) is 11.2 Å². The second-order valence-corrected chi connectivity index (χ2v) is 6.88. The molecule has 148 valence electrons. The summed E-state index contributed by atoms with van der Waals surface area (Å²) in [5.74, 6) is 0.496. The SMILES string of the molecule is Cc1ccc(CC(=O)N/N=C\c2ccc(-c3ccc(C)cc3[N+](=O)[O-])o2)c(C)c1. The largest absolute Gasteiger partial charge is 0.455 e. The van der Waals surface area contributed by atoms with Crippen molar-refractivity contribution >= 4 is 17.8 Å². The van der Waals surface area contributed by atoms with Gasteiger partial charge < -0.3 is 4.42 Å². The quantitative estimate of drug-likeness (QED) is 0.381. The average Bonchev–Trinajstić information content (AvgIpc) is 3.12. The summed E-state index contributed by atoms with van der Waals surface area (Å²) in [5, 5.41) is 15.2. The van der Waals surface area contributed by atoms with Gasteiger partial charge in [0, 0.05) is 6.07 Å². The number of aryl methyl sites for hydroxylation is 3. The van der Waals surface area contributed by atoms with Gasteiger partial charge in [-0.15, -0.1) is 0 Å². The van der Waals surface area contributed by atoms with Crippen LogP contribution in [0.3, 0.4) is 0 Å². The zero-order valence-electron chi connectivity index (χ0n) is 16.4. The maximum atomic E-state index is 12.1. The number of hydrazone groups is 1. The molecule has 3 rings (SSSR count). The summed E-state index contributed by atoms with van der Waals surface area (Å²) in [6.07, 6.45) is 1.59. The molecule has 1 heterocycles. The van der Waals surface area contributed by atoms with Gasteiger partial charge in [0.1, 0.15) is 11.5 Å². The van der Waals surface area contributed by atoms with Crippen LogP contribution in [0.1, 0.15) is 28.0 Å². The van der Waals surface area contributed by atoms with Crippen molar-refractivity contribution < 1.29 is 14.1 Å². The molecule has 0 fully saturated rings. The van der Waals surface area contributed by atoms with Gasteiger partial charge >= 0.3 is 0 Å². The second kappa shape index (κ2) is 8.52. The second-order valence-electron chi connectivity index (χ2n) is 6.88. The van der Waals surface area contributed by atoms with Gasteiger partial charge in [-0.2, -0.15) is 5.10 Å². The van der Waals surface area contributed by atoms with Crippen molar-refractivity contribution in [2.75, 3.05) is 0 Å². The van der Waals surface area contributed by atoms with E-state index in [0.717, 1.165) is 22.3 Å². The summed E-state index contributed by atoms with van der Waals surface area (Å²) in [4.78, 5) is 22.9. The molecular formula is C22H21N3O4. The van der Waals surface area contributed by atoms with Crippen LogP contribution >= 0.6 is 0 Å². The van der Waals surface area contributed by atoms with Crippen molar-refractivity contribution in [1.29, 1.82) is 0 Å². The fourth-order valence-electron chi connectivity index (χ4n) is 2.99. The summed E-state index contributed by atoms with van der Waals surface area (Å²) >= 11 is 0. The van der Waals surface area contributed by atoms with Gasteiger partial charge in [0.25, 0.3) is 5.69 Å². The van der Waals surface area contributed by atoms with Gasteiger partial charge in [-0.25, -0.2) is 5.43 Å². The Morgan fingerprint density at radius 1 is 1.10 bits per heavy atom. The van der Waals surface area contributed by atoms with E-state index in [4.69, 9.17) is 4.42 Å². The van der Waals surface area contributed by atoms with Crippen LogP contribution in [0.4, 0.5) is 5.69 Å². The molecular weight excluding hydrogens is 370 g/mol. The first kappa shape index (κ1) is 20.0. The molecule has 1 aromatic heterocycles. The normalized spacial score (nSPS) is 11.0. The van der Waals surface area contributed by atoms with E-state index < -0.39 is 4.92 Å². The topological polar surface area (TPSA) is 97.7 Å². The Morgan fingerprint density at radius 2 is 1.83 bits per heavy atom. The van der Waals surface area contributed by atoms with E-state index in [-0.39, 0.29) is 18.0 Å². The molecule has 1 N–H and O–H groups in total. The fraction of sp³-hybridized carbons (Fsp3) is 0.182. The number of rotatable bonds is 6. The standard InChI is InChI=1S/C22H21N3O4/c1-14-4-6-17(16(3)10-14)12-22(26)24-23-13-18-7-9-21(29-18)19-8-5-15(2)11-20(19)25(27)28/h4-11,13H,12H2,1-3H3,(H,24,26)/b23-13-. The minimum atomic E-state index is -0.439. The third-order valence-electron chi connectivity index (χ3n) is 4.47. The maximum absolute atomic E-state index is 12.1. The van der Waals surface area contributed by atoms with Crippen LogP contribution in [0.2, 0.25) is 0 Å². The molecule has 0 unspecified atom stereocenters. The number of carbonyl (C=O) groups excluding carboxylic acids is 1. The van der Waals surface area contributed by atoms with E-state index in [2.05, 4.69) is 10.5 Å². The highest BCUT2D eigenvalue weighted by Crippen LogP contribution is 2.31. The number of hydrogen-bond donors (Lipinski definition) is 1. The average molecular weight is 391 g/mol. The van der Waals surface area contributed by atoms with Gasteiger partial charge in [-0.1, -0.05) is 29.8 Å². The molecule has 1 amide bonds. The molecule has 2 aromatic carbocycles. The molecule has 3 aromatic rings. The Kier molecular flexibility index (Phi) is 5.87. The summed E-state index contributed by atoms with van der Waals surface area (Å²) < 4.78 is 5.63. The first-order chi connectivity index (χ1) is 13.8. The summed E-state index contributed by atoms with van der Waals surface area (Å²) in [6, 6.07) is 14.1. The molecule has 0 atom stereocenters. The van der Waals surface area contributed by atoms with E-state index in [9.17, 15) is 14.9 Å². The van der Waals surface area contributed by atoms with E-state index in [1.165, 1.54) is 12.3 Å². The molecule has 7 heteroatoms. The number of amides is 1. The van der Waals surface area contributed by atoms with Crippen molar-refractivity contribution in [3.8, 4) is 11.3 Å². The van der Waals surface area contributed by atoms with Gasteiger partial charge in [-0.3, -0.25) is 14.9 Å². The van der Waals surface area contributed by atoms with E-state index in [0.29, 0.717) is 17.1 Å². The van der Waals surface area contributed by atoms with Crippen LogP contribution in [0.25, 0.3) is 11.3 Å². The molecule has 7 nitrogen and oxygen atoms in total. The lowest BCUT2D eigenvalue weighted by molar-refractivity contribution is -0.384. The predicted molar refractivity (Wildman–Crippen MR) is 111 cm³/mol. The molecule has 0 radical (unpaired) electrons. The Morgan fingerprint density at radius 3 is 2.55 bits per heavy atom. The zero-order chi connectivity index (χ0) is 21.0. The monoisotopic (exact) mass is 391 g/mol. The summed E-state index contributed by atoms with van der Waals surface area (Å²) in [5.41, 5.74) is 6.77. The number of nitrogens with one attached hydrogen (secondary N) is 1. The molecule has 0 spiro atoms. The Balaban J connectivity index is 1.67. The Labute approximate surface area is 168 Å². The van der Waals surface area contributed by atoms with E-state index in [1.54, 1.807) is 31.2 Å². The number of nitro benzene ring substituents is 1. The van der Waals surface area contributed by atoms with Crippen molar-refractivity contribution in [2.45, 2.75) is 27.2 Å². The fourth-order valence-corrected chi connectivity index (χ4v) is 2.99. The first-order valence-corrected chi connectivity index (χ1v) is 9.07. The van der Waals surface area contributed by atoms with Crippen LogP contribution in [0.15, 0.2) is 58.0 Å². The molecule has 0 aliphatic rings. The van der Waals surface area contributed by atoms with Crippen LogP contribution in [0, 0.1) is 30.9 Å². The first-order valence-electron chi connectivity index (χ1n) is 9.07. The minimum Gasteiger partial charge on any atom is -0.455 e. The van der Waals surface area contributed by atoms with Crippen LogP contribution in [-0.4, -0.2) is 17.0 Å². The number of nitrogens with zero attached hydrogens (tertiary/aromatic N) is 2. The van der Waals surface area contributed by atoms with Crippen LogP contribution in [0.5, 0.6) is 0 Å². The lowest BCUT2D eigenvalue weighted by atomic mass is 10.0. The molecule has 0 saturated carbocycles. The van der Waals surface area contributed by atoms with Gasteiger partial charge in [0.05, 0.1) is 23.1 Å². The van der Waals surface area contributed by atoms with E-state index >= 15 is 0 Å². The molecule has 0 aliphatic heterocycles. The highest BCUT2D eigenvalue weighted by molar-refractivity contribution is 5.82. The minimum absolute atomic E-state index is 0.0235. The smallest absolute Gasteiger partial charge is 0.280 e. The highest BCUT2D eigenvalue weighted by atomic mass is 16.6. The van der Waals surface area contributed by atoms with E-state index in [1.807, 2.05) is 32.0 Å². The zero-order valence-corrected chi connectivity index (χ0v) is 16.4. The summed E-state index contributed by atoms with van der Waals surface area (Å²) in [6.45, 7) is 5.76. The number of nitro groups is 1. The van der Waals surface area contributed by atoms with Gasteiger partial charge in [0.15, 0.2) is 0 Å². The van der Waals surface area contributed by atoms with Crippen molar-refractivity contribution in [2.24, 2.45) is 5.10 Å². The molecule has 29 heavy (non-hydrogen) atoms. The summed E-state index contributed by atoms with van der Waals surface area (Å²) in [7, 11) is 0. The van der Waals surface area contributed by atoms with Crippen molar-refractivity contribution in [3.63, 3.8) is 0 Å². The number of carbonyl (C=O) groups is 1. The van der Waals surface area contributed by atoms with Crippen LogP contribution < -0.4 is 5.43 Å². The van der Waals surface area contributed by atoms with Gasteiger partial charge in [-0.05, 0) is 55.7 Å². The van der Waals surface area contributed by atoms with Crippen molar-refractivity contribution in [3.05, 3.63) is 86.7 Å². The maximum Gasteiger partial charge on any atom is 0.280 e. The number of benzene rings is 2. The lowest BCUT2D eigenvalue weighted by Crippen LogP contribution is -2.20. The highest BCUT2D eigenvalue weighted by Gasteiger charge is 2.18. The van der Waals surface area contributed by atoms with Crippen molar-refractivity contribution in [1.82, 2.24) is 5.43 Å². The number of hydrogen-bond acceptors (Lipinski definition) is 5. The Bertz CT molecular complexity index is 1100. The predicted octanol–water partition coefficient (Wildman–Crippen LogP) is 4.47. The molecule has 0 bridgehead atoms. The third kappa shape index (κ3) is 4.95. The Hall–Kier alpha value is -3.74. The van der Waals surface area contributed by atoms with Gasteiger partial charge in [0.2, 0.25) is 5.91 Å². The third-order valence-corrected chi connectivity index (χ3v) is 4.47. The lowest BCUT2D eigenvalue weighted by Gasteiger charge is -2.05. The molecule has 0 aliphatic carbocycles. The molecule has 0 saturated heterocycles.